The first kappa shape index (κ1) is 17.7. The minimum absolute atomic E-state index is 0. The second-order valence-electron chi connectivity index (χ2n) is 5.02. The molecule has 0 aromatic carbocycles. The zero-order valence-corrected chi connectivity index (χ0v) is 15.4. The first-order valence-electron chi connectivity index (χ1n) is 7.02. The van der Waals surface area contributed by atoms with Gasteiger partial charge in [-0.05, 0) is 45.0 Å². The summed E-state index contributed by atoms with van der Waals surface area (Å²) in [7, 11) is 0. The van der Waals surface area contributed by atoms with Crippen molar-refractivity contribution in [2.75, 3.05) is 19.6 Å². The van der Waals surface area contributed by atoms with Gasteiger partial charge in [0.15, 0.2) is 5.96 Å². The fraction of sp³-hybridized carbons (Fsp3) is 0.643. The lowest BCUT2D eigenvalue weighted by Gasteiger charge is -2.23. The number of aliphatic imine (C=N–C) groups is 1. The van der Waals surface area contributed by atoms with Crippen LogP contribution in [0.1, 0.15) is 29.5 Å². The molecule has 1 unspecified atom stereocenters. The predicted octanol–water partition coefficient (Wildman–Crippen LogP) is 2.56. The largest absolute Gasteiger partial charge is 0.370 e. The second kappa shape index (κ2) is 8.84. The Hall–Kier alpha value is -0.340. The van der Waals surface area contributed by atoms with Crippen molar-refractivity contribution in [3.05, 3.63) is 21.9 Å². The van der Waals surface area contributed by atoms with E-state index < -0.39 is 0 Å². The Morgan fingerprint density at radius 1 is 1.55 bits per heavy atom. The fourth-order valence-electron chi connectivity index (χ4n) is 2.55. The number of halogens is 1. The van der Waals surface area contributed by atoms with Crippen molar-refractivity contribution in [2.24, 2.45) is 10.7 Å². The number of thiophene rings is 1. The second-order valence-corrected chi connectivity index (χ2v) is 6.39. The molecule has 0 saturated carbocycles. The Bertz CT molecular complexity index is 433. The van der Waals surface area contributed by atoms with Crippen molar-refractivity contribution in [1.82, 2.24) is 10.2 Å². The molecule has 1 saturated heterocycles. The van der Waals surface area contributed by atoms with Crippen LogP contribution in [-0.2, 0) is 6.54 Å². The summed E-state index contributed by atoms with van der Waals surface area (Å²) in [5, 5.41) is 3.26. The highest BCUT2D eigenvalue weighted by atomic mass is 127. The number of rotatable bonds is 5. The van der Waals surface area contributed by atoms with Crippen LogP contribution in [0.25, 0.3) is 0 Å². The van der Waals surface area contributed by atoms with E-state index in [1.807, 2.05) is 0 Å². The summed E-state index contributed by atoms with van der Waals surface area (Å²) in [4.78, 5) is 9.48. The normalized spacial score (nSPS) is 19.9. The lowest BCUT2D eigenvalue weighted by molar-refractivity contribution is 0.267. The summed E-state index contributed by atoms with van der Waals surface area (Å²) < 4.78 is 0. The van der Waals surface area contributed by atoms with Crippen LogP contribution in [0.4, 0.5) is 0 Å². The van der Waals surface area contributed by atoms with E-state index in [2.05, 4.69) is 41.2 Å². The molecule has 1 fully saturated rings. The van der Waals surface area contributed by atoms with Gasteiger partial charge in [-0.15, -0.1) is 35.3 Å². The molecule has 1 aliphatic rings. The van der Waals surface area contributed by atoms with Crippen LogP contribution in [0.3, 0.4) is 0 Å². The monoisotopic (exact) mass is 408 g/mol. The van der Waals surface area contributed by atoms with Gasteiger partial charge in [-0.25, -0.2) is 4.99 Å². The molecule has 0 amide bonds. The Morgan fingerprint density at radius 2 is 2.35 bits per heavy atom. The summed E-state index contributed by atoms with van der Waals surface area (Å²) in [5.41, 5.74) is 5.92. The van der Waals surface area contributed by atoms with Crippen LogP contribution in [-0.4, -0.2) is 36.5 Å². The number of hydrogen-bond acceptors (Lipinski definition) is 3. The predicted molar refractivity (Wildman–Crippen MR) is 98.1 cm³/mol. The molecular weight excluding hydrogens is 383 g/mol. The first-order chi connectivity index (χ1) is 9.19. The molecule has 20 heavy (non-hydrogen) atoms. The Morgan fingerprint density at radius 3 is 3.00 bits per heavy atom. The minimum atomic E-state index is 0. The van der Waals surface area contributed by atoms with Crippen LogP contribution in [0.5, 0.6) is 0 Å². The summed E-state index contributed by atoms with van der Waals surface area (Å²) >= 11 is 1.78. The van der Waals surface area contributed by atoms with Gasteiger partial charge in [0.1, 0.15) is 0 Å². The summed E-state index contributed by atoms with van der Waals surface area (Å²) in [6.45, 7) is 8.26. The van der Waals surface area contributed by atoms with Gasteiger partial charge in [-0.2, -0.15) is 0 Å². The highest BCUT2D eigenvalue weighted by Gasteiger charge is 2.22. The molecule has 3 N–H and O–H groups in total. The van der Waals surface area contributed by atoms with Crippen molar-refractivity contribution in [1.29, 1.82) is 0 Å². The number of aryl methyl sites for hydroxylation is 1. The number of likely N-dealkylation sites (tertiary alicyclic amines) is 1. The molecule has 1 aromatic rings. The van der Waals surface area contributed by atoms with E-state index in [0.717, 1.165) is 13.1 Å². The quantitative estimate of drug-likeness (QED) is 0.447. The van der Waals surface area contributed by atoms with Gasteiger partial charge in [0.2, 0.25) is 0 Å². The molecule has 114 valence electrons. The van der Waals surface area contributed by atoms with E-state index in [4.69, 9.17) is 5.73 Å². The van der Waals surface area contributed by atoms with Crippen LogP contribution in [0, 0.1) is 6.92 Å². The Kier molecular flexibility index (Phi) is 7.83. The van der Waals surface area contributed by atoms with E-state index in [0.29, 0.717) is 18.5 Å². The molecule has 0 radical (unpaired) electrons. The molecule has 0 spiro atoms. The highest BCUT2D eigenvalue weighted by molar-refractivity contribution is 14.0. The topological polar surface area (TPSA) is 53.6 Å². The highest BCUT2D eigenvalue weighted by Crippen LogP contribution is 2.16. The van der Waals surface area contributed by atoms with Gasteiger partial charge < -0.3 is 11.1 Å². The standard InChI is InChI=1S/C14H24N4S.HI/c1-3-18-8-4-5-12(18)9-16-14(15)17-10-13-7-6-11(2)19-13;/h6-7,12H,3-5,8-10H2,1-2H3,(H3,15,16,17);1H. The molecule has 1 aromatic heterocycles. The van der Waals surface area contributed by atoms with Gasteiger partial charge in [0.05, 0.1) is 6.54 Å². The SMILES string of the molecule is CCN1CCCC1CNC(N)=NCc1ccc(C)s1.I. The smallest absolute Gasteiger partial charge is 0.189 e. The van der Waals surface area contributed by atoms with Crippen LogP contribution in [0.15, 0.2) is 17.1 Å². The van der Waals surface area contributed by atoms with Gasteiger partial charge in [0.25, 0.3) is 0 Å². The number of hydrogen-bond donors (Lipinski definition) is 2. The van der Waals surface area contributed by atoms with E-state index in [1.54, 1.807) is 11.3 Å². The molecule has 4 nitrogen and oxygen atoms in total. The molecule has 1 aliphatic heterocycles. The molecule has 6 heteroatoms. The lowest BCUT2D eigenvalue weighted by Crippen LogP contribution is -2.42. The van der Waals surface area contributed by atoms with E-state index in [1.165, 1.54) is 29.1 Å². The third kappa shape index (κ3) is 5.21. The number of nitrogens with zero attached hydrogens (tertiary/aromatic N) is 2. The molecule has 0 bridgehead atoms. The van der Waals surface area contributed by atoms with Crippen molar-refractivity contribution in [3.8, 4) is 0 Å². The first-order valence-corrected chi connectivity index (χ1v) is 7.84. The Labute approximate surface area is 142 Å². The maximum Gasteiger partial charge on any atom is 0.189 e. The van der Waals surface area contributed by atoms with Crippen molar-refractivity contribution in [2.45, 2.75) is 39.3 Å². The summed E-state index contributed by atoms with van der Waals surface area (Å²) in [5.74, 6) is 0.564. The number of guanidine groups is 1. The molecule has 2 heterocycles. The zero-order valence-electron chi connectivity index (χ0n) is 12.3. The molecule has 0 aliphatic carbocycles. The minimum Gasteiger partial charge on any atom is -0.370 e. The van der Waals surface area contributed by atoms with Crippen LogP contribution in [0.2, 0.25) is 0 Å². The number of nitrogens with two attached hydrogens (primary N) is 1. The van der Waals surface area contributed by atoms with Crippen molar-refractivity contribution in [3.63, 3.8) is 0 Å². The number of likely N-dealkylation sites (N-methyl/N-ethyl adjacent to an activating group) is 1. The lowest BCUT2D eigenvalue weighted by atomic mass is 10.2. The van der Waals surface area contributed by atoms with E-state index in [9.17, 15) is 0 Å². The van der Waals surface area contributed by atoms with Gasteiger partial charge in [-0.1, -0.05) is 6.92 Å². The summed E-state index contributed by atoms with van der Waals surface area (Å²) in [6, 6.07) is 4.85. The van der Waals surface area contributed by atoms with Gasteiger partial charge in [0, 0.05) is 22.3 Å². The fourth-order valence-corrected chi connectivity index (χ4v) is 3.37. The average Bonchev–Trinajstić information content (AvgIpc) is 3.02. The molecule has 1 atom stereocenters. The van der Waals surface area contributed by atoms with Crippen LogP contribution >= 0.6 is 35.3 Å². The maximum atomic E-state index is 5.92. The van der Waals surface area contributed by atoms with Crippen molar-refractivity contribution < 1.29 is 0 Å². The molecular formula is C14H25IN4S. The third-order valence-electron chi connectivity index (χ3n) is 3.63. The van der Waals surface area contributed by atoms with E-state index >= 15 is 0 Å². The van der Waals surface area contributed by atoms with Gasteiger partial charge in [-0.3, -0.25) is 4.90 Å². The Balaban J connectivity index is 0.00000200. The zero-order chi connectivity index (χ0) is 13.7. The molecule has 2 rings (SSSR count). The third-order valence-corrected chi connectivity index (χ3v) is 4.61. The summed E-state index contributed by atoms with van der Waals surface area (Å²) in [6.07, 6.45) is 2.56. The van der Waals surface area contributed by atoms with Crippen molar-refractivity contribution >= 4 is 41.3 Å². The number of nitrogens with one attached hydrogen (secondary N) is 1. The van der Waals surface area contributed by atoms with Crippen LogP contribution < -0.4 is 11.1 Å². The van der Waals surface area contributed by atoms with Gasteiger partial charge >= 0.3 is 0 Å². The maximum absolute atomic E-state index is 5.92. The average molecular weight is 408 g/mol. The van der Waals surface area contributed by atoms with E-state index in [-0.39, 0.29) is 24.0 Å².